The van der Waals surface area contributed by atoms with E-state index in [1.807, 2.05) is 5.32 Å². The van der Waals surface area contributed by atoms with E-state index in [2.05, 4.69) is 0 Å². The summed E-state index contributed by atoms with van der Waals surface area (Å²) in [5.41, 5.74) is -0.0814. The molecule has 1 aromatic rings. The molecule has 0 spiro atoms. The number of hydrogen-bond donors (Lipinski definition) is 1. The molecule has 1 aliphatic rings. The lowest BCUT2D eigenvalue weighted by molar-refractivity contribution is -0.139. The summed E-state index contributed by atoms with van der Waals surface area (Å²) < 4.78 is 36.1. The number of carbonyl (C=O) groups excluding carboxylic acids is 1. The van der Waals surface area contributed by atoms with Crippen LogP contribution in [-0.4, -0.2) is 18.6 Å². The normalized spacial score (nSPS) is 17.3. The highest BCUT2D eigenvalue weighted by Crippen LogP contribution is 2.48. The molecule has 0 heterocycles. The summed E-state index contributed by atoms with van der Waals surface area (Å²) in [6.45, 7) is -1.29. The van der Waals surface area contributed by atoms with Crippen LogP contribution in [0.25, 0.3) is 0 Å². The van der Waals surface area contributed by atoms with E-state index in [0.29, 0.717) is 23.4 Å². The van der Waals surface area contributed by atoms with Gasteiger partial charge in [-0.25, -0.2) is 0 Å². The standard InChI is InChI=1S/C12H11ClF3NO/c13-9-3-1-8(2-4-9)11(5-6-11)10(18)17-7-12(14,15)16/h1-4H,5-7H2,(H,17,18). The molecular formula is C12H11ClF3NO. The fourth-order valence-electron chi connectivity index (χ4n) is 1.89. The van der Waals surface area contributed by atoms with Gasteiger partial charge in [0, 0.05) is 5.02 Å². The van der Waals surface area contributed by atoms with Crippen LogP contribution in [0.15, 0.2) is 24.3 Å². The van der Waals surface area contributed by atoms with E-state index in [1.165, 1.54) is 0 Å². The molecule has 1 amide bonds. The Kier molecular flexibility index (Phi) is 3.27. The van der Waals surface area contributed by atoms with Crippen LogP contribution >= 0.6 is 11.6 Å². The molecule has 0 saturated heterocycles. The number of rotatable bonds is 3. The van der Waals surface area contributed by atoms with E-state index in [0.717, 1.165) is 0 Å². The molecule has 1 aliphatic carbocycles. The van der Waals surface area contributed by atoms with E-state index in [4.69, 9.17) is 11.6 Å². The molecule has 0 unspecified atom stereocenters. The van der Waals surface area contributed by atoms with Gasteiger partial charge in [0.1, 0.15) is 6.54 Å². The van der Waals surface area contributed by atoms with Gasteiger partial charge in [-0.3, -0.25) is 4.79 Å². The second kappa shape index (κ2) is 4.46. The minimum absolute atomic E-state index is 0.533. The summed E-state index contributed by atoms with van der Waals surface area (Å²) in [7, 11) is 0. The molecule has 1 aromatic carbocycles. The fraction of sp³-hybridized carbons (Fsp3) is 0.417. The smallest absolute Gasteiger partial charge is 0.346 e. The molecule has 0 aromatic heterocycles. The highest BCUT2D eigenvalue weighted by Gasteiger charge is 2.51. The van der Waals surface area contributed by atoms with E-state index in [9.17, 15) is 18.0 Å². The Hall–Kier alpha value is -1.23. The molecule has 1 N–H and O–H groups in total. The predicted molar refractivity (Wildman–Crippen MR) is 61.4 cm³/mol. The molecular weight excluding hydrogens is 267 g/mol. The van der Waals surface area contributed by atoms with E-state index in [1.54, 1.807) is 24.3 Å². The van der Waals surface area contributed by atoms with Crippen LogP contribution in [0.4, 0.5) is 13.2 Å². The molecule has 6 heteroatoms. The minimum atomic E-state index is -4.38. The third kappa shape index (κ3) is 2.77. The summed E-state index contributed by atoms with van der Waals surface area (Å²) in [6, 6.07) is 6.63. The molecule has 98 valence electrons. The second-order valence-electron chi connectivity index (χ2n) is 4.39. The van der Waals surface area contributed by atoms with Crippen molar-refractivity contribution in [3.8, 4) is 0 Å². The van der Waals surface area contributed by atoms with Crippen LogP contribution in [0.5, 0.6) is 0 Å². The lowest BCUT2D eigenvalue weighted by Gasteiger charge is -2.16. The molecule has 0 aliphatic heterocycles. The van der Waals surface area contributed by atoms with Gasteiger partial charge in [0.25, 0.3) is 0 Å². The Morgan fingerprint density at radius 3 is 2.28 bits per heavy atom. The third-order valence-corrected chi connectivity index (χ3v) is 3.28. The van der Waals surface area contributed by atoms with Crippen molar-refractivity contribution in [2.75, 3.05) is 6.54 Å². The predicted octanol–water partition coefficient (Wildman–Crippen LogP) is 3.05. The zero-order valence-electron chi connectivity index (χ0n) is 9.35. The van der Waals surface area contributed by atoms with Crippen molar-refractivity contribution in [2.45, 2.75) is 24.4 Å². The number of halogens is 4. The van der Waals surface area contributed by atoms with Crippen molar-refractivity contribution < 1.29 is 18.0 Å². The van der Waals surface area contributed by atoms with Gasteiger partial charge >= 0.3 is 6.18 Å². The van der Waals surface area contributed by atoms with Crippen LogP contribution in [0.2, 0.25) is 5.02 Å². The monoisotopic (exact) mass is 277 g/mol. The zero-order chi connectivity index (χ0) is 13.4. The van der Waals surface area contributed by atoms with Crippen molar-refractivity contribution in [2.24, 2.45) is 0 Å². The zero-order valence-corrected chi connectivity index (χ0v) is 10.1. The molecule has 18 heavy (non-hydrogen) atoms. The summed E-state index contributed by atoms with van der Waals surface area (Å²) in [6.07, 6.45) is -3.25. The highest BCUT2D eigenvalue weighted by molar-refractivity contribution is 6.30. The van der Waals surface area contributed by atoms with Gasteiger partial charge in [-0.15, -0.1) is 0 Å². The van der Waals surface area contributed by atoms with Crippen LogP contribution in [0.3, 0.4) is 0 Å². The SMILES string of the molecule is O=C(NCC(F)(F)F)C1(c2ccc(Cl)cc2)CC1. The first-order chi connectivity index (χ1) is 8.33. The molecule has 1 saturated carbocycles. The van der Waals surface area contributed by atoms with Crippen LogP contribution in [0.1, 0.15) is 18.4 Å². The van der Waals surface area contributed by atoms with Gasteiger partial charge in [-0.05, 0) is 30.5 Å². The van der Waals surface area contributed by atoms with Crippen molar-refractivity contribution in [1.29, 1.82) is 0 Å². The average Bonchev–Trinajstić information content (AvgIpc) is 3.07. The molecule has 0 bridgehead atoms. The summed E-state index contributed by atoms with van der Waals surface area (Å²) in [5.74, 6) is -0.567. The molecule has 1 fully saturated rings. The Morgan fingerprint density at radius 1 is 1.28 bits per heavy atom. The third-order valence-electron chi connectivity index (χ3n) is 3.03. The molecule has 0 atom stereocenters. The number of nitrogens with one attached hydrogen (secondary N) is 1. The molecule has 2 nitrogen and oxygen atoms in total. The Morgan fingerprint density at radius 2 is 1.83 bits per heavy atom. The lowest BCUT2D eigenvalue weighted by atomic mass is 9.95. The van der Waals surface area contributed by atoms with E-state index < -0.39 is 24.0 Å². The maximum atomic E-state index is 12.0. The van der Waals surface area contributed by atoms with E-state index in [-0.39, 0.29) is 0 Å². The first-order valence-corrected chi connectivity index (χ1v) is 5.82. The Balaban J connectivity index is 2.07. The number of alkyl halides is 3. The van der Waals surface area contributed by atoms with E-state index >= 15 is 0 Å². The maximum Gasteiger partial charge on any atom is 0.405 e. The Labute approximate surface area is 107 Å². The van der Waals surface area contributed by atoms with Crippen LogP contribution in [-0.2, 0) is 10.2 Å². The van der Waals surface area contributed by atoms with Crippen molar-refractivity contribution >= 4 is 17.5 Å². The van der Waals surface area contributed by atoms with Crippen LogP contribution < -0.4 is 5.32 Å². The first-order valence-electron chi connectivity index (χ1n) is 5.45. The molecule has 2 rings (SSSR count). The average molecular weight is 278 g/mol. The quantitative estimate of drug-likeness (QED) is 0.904. The van der Waals surface area contributed by atoms with Gasteiger partial charge in [0.2, 0.25) is 5.91 Å². The topological polar surface area (TPSA) is 29.1 Å². The largest absolute Gasteiger partial charge is 0.405 e. The Bertz CT molecular complexity index is 451. The summed E-state index contributed by atoms with van der Waals surface area (Å²) >= 11 is 5.73. The van der Waals surface area contributed by atoms with Gasteiger partial charge in [0.15, 0.2) is 0 Å². The maximum absolute atomic E-state index is 12.0. The van der Waals surface area contributed by atoms with Crippen molar-refractivity contribution in [3.05, 3.63) is 34.9 Å². The number of amides is 1. The van der Waals surface area contributed by atoms with Crippen molar-refractivity contribution in [1.82, 2.24) is 5.32 Å². The van der Waals surface area contributed by atoms with Gasteiger partial charge in [0.05, 0.1) is 5.41 Å². The molecule has 0 radical (unpaired) electrons. The lowest BCUT2D eigenvalue weighted by Crippen LogP contribution is -2.40. The van der Waals surface area contributed by atoms with Gasteiger partial charge in [-0.2, -0.15) is 13.2 Å². The second-order valence-corrected chi connectivity index (χ2v) is 4.82. The minimum Gasteiger partial charge on any atom is -0.346 e. The van der Waals surface area contributed by atoms with Crippen LogP contribution in [0, 0.1) is 0 Å². The first kappa shape index (κ1) is 13.2. The van der Waals surface area contributed by atoms with Gasteiger partial charge in [-0.1, -0.05) is 23.7 Å². The number of carbonyl (C=O) groups is 1. The summed E-state index contributed by atoms with van der Waals surface area (Å²) in [5, 5.41) is 2.47. The number of hydrogen-bond acceptors (Lipinski definition) is 1. The summed E-state index contributed by atoms with van der Waals surface area (Å²) in [4.78, 5) is 11.8. The fourth-order valence-corrected chi connectivity index (χ4v) is 2.02. The van der Waals surface area contributed by atoms with Crippen molar-refractivity contribution in [3.63, 3.8) is 0 Å². The highest BCUT2D eigenvalue weighted by atomic mass is 35.5. The van der Waals surface area contributed by atoms with Gasteiger partial charge < -0.3 is 5.32 Å². The number of benzene rings is 1.